The Balaban J connectivity index is 1.51. The van der Waals surface area contributed by atoms with Gasteiger partial charge in [0.25, 0.3) is 0 Å². The van der Waals surface area contributed by atoms with E-state index >= 15 is 0 Å². The number of hydrogen-bond acceptors (Lipinski definition) is 3. The average Bonchev–Trinajstić information content (AvgIpc) is 2.56. The van der Waals surface area contributed by atoms with Gasteiger partial charge in [0, 0.05) is 22.2 Å². The number of fused-ring (bicyclic) bond motifs is 1. The monoisotopic (exact) mass is 295 g/mol. The second-order valence-corrected chi connectivity index (χ2v) is 5.83. The van der Waals surface area contributed by atoms with E-state index in [1.807, 2.05) is 54.4 Å². The van der Waals surface area contributed by atoms with Crippen LogP contribution in [0.5, 0.6) is 5.75 Å². The van der Waals surface area contributed by atoms with Crippen molar-refractivity contribution in [3.05, 3.63) is 66.9 Å². The molecule has 0 saturated heterocycles. The fourth-order valence-electron chi connectivity index (χ4n) is 2.14. The average molecular weight is 295 g/mol. The van der Waals surface area contributed by atoms with Gasteiger partial charge in [-0.2, -0.15) is 0 Å². The molecule has 0 aliphatic heterocycles. The summed E-state index contributed by atoms with van der Waals surface area (Å²) in [5.74, 6) is 1.98. The molecule has 0 unspecified atom stereocenters. The van der Waals surface area contributed by atoms with Crippen LogP contribution in [0.1, 0.15) is 6.42 Å². The molecule has 2 aromatic carbocycles. The maximum atomic E-state index is 5.71. The van der Waals surface area contributed by atoms with Gasteiger partial charge in [-0.25, -0.2) is 0 Å². The summed E-state index contributed by atoms with van der Waals surface area (Å²) < 4.78 is 5.71. The van der Waals surface area contributed by atoms with Crippen molar-refractivity contribution in [2.45, 2.75) is 11.3 Å². The second-order valence-electron chi connectivity index (χ2n) is 4.69. The molecule has 0 spiro atoms. The molecule has 1 heterocycles. The lowest BCUT2D eigenvalue weighted by atomic mass is 10.2. The molecule has 3 heteroatoms. The fraction of sp³-hybridized carbons (Fsp3) is 0.167. The minimum atomic E-state index is 0.750. The van der Waals surface area contributed by atoms with Crippen LogP contribution in [0.15, 0.2) is 71.8 Å². The van der Waals surface area contributed by atoms with Gasteiger partial charge in [-0.05, 0) is 30.7 Å². The highest BCUT2D eigenvalue weighted by atomic mass is 32.2. The van der Waals surface area contributed by atoms with Crippen LogP contribution >= 0.6 is 11.8 Å². The summed E-state index contributed by atoms with van der Waals surface area (Å²) in [7, 11) is 0. The van der Waals surface area contributed by atoms with E-state index in [0.29, 0.717) is 0 Å². The molecule has 0 N–H and O–H groups in total. The van der Waals surface area contributed by atoms with Crippen molar-refractivity contribution in [1.29, 1.82) is 0 Å². The molecule has 0 saturated carbocycles. The second kappa shape index (κ2) is 7.14. The number of thioether (sulfide) groups is 1. The zero-order chi connectivity index (χ0) is 14.3. The van der Waals surface area contributed by atoms with Crippen LogP contribution < -0.4 is 4.74 Å². The van der Waals surface area contributed by atoms with Crippen molar-refractivity contribution in [2.75, 3.05) is 12.4 Å². The normalized spacial score (nSPS) is 10.7. The van der Waals surface area contributed by atoms with Crippen LogP contribution in [0, 0.1) is 0 Å². The SMILES string of the molecule is c1ccc(OCCCSc2ccnc3ccccc23)cc1. The molecule has 3 rings (SSSR count). The Kier molecular flexibility index (Phi) is 4.74. The van der Waals surface area contributed by atoms with E-state index in [4.69, 9.17) is 4.74 Å². The summed E-state index contributed by atoms with van der Waals surface area (Å²) in [5, 5.41) is 1.23. The molecule has 0 aliphatic carbocycles. The molecule has 106 valence electrons. The molecule has 0 radical (unpaired) electrons. The van der Waals surface area contributed by atoms with Gasteiger partial charge in [-0.3, -0.25) is 4.98 Å². The predicted molar refractivity (Wildman–Crippen MR) is 89.0 cm³/mol. The largest absolute Gasteiger partial charge is 0.494 e. The van der Waals surface area contributed by atoms with E-state index in [9.17, 15) is 0 Å². The third kappa shape index (κ3) is 3.76. The van der Waals surface area contributed by atoms with Crippen LogP contribution in [0.3, 0.4) is 0 Å². The lowest BCUT2D eigenvalue weighted by molar-refractivity contribution is 0.319. The maximum absolute atomic E-state index is 5.71. The number of hydrogen-bond donors (Lipinski definition) is 0. The van der Waals surface area contributed by atoms with Gasteiger partial charge >= 0.3 is 0 Å². The standard InChI is InChI=1S/C18H17NOS/c1-2-7-15(8-3-1)20-13-6-14-21-18-11-12-19-17-10-5-4-9-16(17)18/h1-5,7-12H,6,13-14H2. The number of rotatable bonds is 6. The van der Waals surface area contributed by atoms with Crippen molar-refractivity contribution in [3.8, 4) is 5.75 Å². The number of pyridine rings is 1. The molecular formula is C18H17NOS. The van der Waals surface area contributed by atoms with Crippen LogP contribution in [0.25, 0.3) is 10.9 Å². The third-order valence-electron chi connectivity index (χ3n) is 3.17. The molecule has 0 aliphatic rings. The summed E-state index contributed by atoms with van der Waals surface area (Å²) in [6.07, 6.45) is 2.90. The first-order chi connectivity index (χ1) is 10.4. The number of benzene rings is 2. The Morgan fingerprint density at radius 1 is 0.905 bits per heavy atom. The van der Waals surface area contributed by atoms with Gasteiger partial charge in [-0.15, -0.1) is 11.8 Å². The number of nitrogens with zero attached hydrogens (tertiary/aromatic N) is 1. The van der Waals surface area contributed by atoms with Gasteiger partial charge in [0.1, 0.15) is 5.75 Å². The molecule has 21 heavy (non-hydrogen) atoms. The van der Waals surface area contributed by atoms with Crippen molar-refractivity contribution in [2.24, 2.45) is 0 Å². The highest BCUT2D eigenvalue weighted by molar-refractivity contribution is 7.99. The number of para-hydroxylation sites is 2. The topological polar surface area (TPSA) is 22.1 Å². The van der Waals surface area contributed by atoms with Crippen molar-refractivity contribution < 1.29 is 4.74 Å². The first-order valence-corrected chi connectivity index (χ1v) is 8.06. The van der Waals surface area contributed by atoms with Gasteiger partial charge in [0.05, 0.1) is 12.1 Å². The molecule has 2 nitrogen and oxygen atoms in total. The Hall–Kier alpha value is -2.00. The third-order valence-corrected chi connectivity index (χ3v) is 4.33. The lowest BCUT2D eigenvalue weighted by Crippen LogP contribution is -1.98. The minimum Gasteiger partial charge on any atom is -0.494 e. The van der Waals surface area contributed by atoms with E-state index in [2.05, 4.69) is 29.2 Å². The molecular weight excluding hydrogens is 278 g/mol. The summed E-state index contributed by atoms with van der Waals surface area (Å²) >= 11 is 1.87. The predicted octanol–water partition coefficient (Wildman–Crippen LogP) is 4.80. The smallest absolute Gasteiger partial charge is 0.119 e. The number of ether oxygens (including phenoxy) is 1. The summed E-state index contributed by atoms with van der Waals surface area (Å²) in [6.45, 7) is 0.750. The maximum Gasteiger partial charge on any atom is 0.119 e. The molecule has 0 bridgehead atoms. The van der Waals surface area contributed by atoms with Crippen molar-refractivity contribution in [3.63, 3.8) is 0 Å². The first kappa shape index (κ1) is 14.0. The van der Waals surface area contributed by atoms with Crippen molar-refractivity contribution in [1.82, 2.24) is 4.98 Å². The summed E-state index contributed by atoms with van der Waals surface area (Å²) in [6, 6.07) is 20.3. The zero-order valence-electron chi connectivity index (χ0n) is 11.7. The summed E-state index contributed by atoms with van der Waals surface area (Å²) in [4.78, 5) is 5.68. The van der Waals surface area contributed by atoms with E-state index in [1.165, 1.54) is 10.3 Å². The van der Waals surface area contributed by atoms with E-state index < -0.39 is 0 Å². The quantitative estimate of drug-likeness (QED) is 0.482. The highest BCUT2D eigenvalue weighted by Crippen LogP contribution is 2.26. The zero-order valence-corrected chi connectivity index (χ0v) is 12.6. The summed E-state index contributed by atoms with van der Waals surface area (Å²) in [5.41, 5.74) is 1.06. The Morgan fingerprint density at radius 2 is 1.71 bits per heavy atom. The highest BCUT2D eigenvalue weighted by Gasteiger charge is 2.01. The molecule has 0 fully saturated rings. The van der Waals surface area contributed by atoms with E-state index in [-0.39, 0.29) is 0 Å². The minimum absolute atomic E-state index is 0.750. The van der Waals surface area contributed by atoms with Crippen LogP contribution in [-0.2, 0) is 0 Å². The van der Waals surface area contributed by atoms with Gasteiger partial charge < -0.3 is 4.74 Å². The Morgan fingerprint density at radius 3 is 2.62 bits per heavy atom. The van der Waals surface area contributed by atoms with Gasteiger partial charge in [-0.1, -0.05) is 36.4 Å². The van der Waals surface area contributed by atoms with Crippen molar-refractivity contribution >= 4 is 22.7 Å². The fourth-order valence-corrected chi connectivity index (χ4v) is 3.11. The van der Waals surface area contributed by atoms with Crippen LogP contribution in [-0.4, -0.2) is 17.3 Å². The molecule has 3 aromatic rings. The number of aromatic nitrogens is 1. The van der Waals surface area contributed by atoms with Gasteiger partial charge in [0.15, 0.2) is 0 Å². The Labute approximate surface area is 129 Å². The van der Waals surface area contributed by atoms with Gasteiger partial charge in [0.2, 0.25) is 0 Å². The molecule has 0 amide bonds. The van der Waals surface area contributed by atoms with Crippen LogP contribution in [0.4, 0.5) is 0 Å². The Bertz CT molecular complexity index is 694. The molecule has 1 aromatic heterocycles. The van der Waals surface area contributed by atoms with E-state index in [0.717, 1.165) is 30.0 Å². The molecule has 0 atom stereocenters. The van der Waals surface area contributed by atoms with E-state index in [1.54, 1.807) is 0 Å². The lowest BCUT2D eigenvalue weighted by Gasteiger charge is -2.07. The first-order valence-electron chi connectivity index (χ1n) is 7.08. The van der Waals surface area contributed by atoms with Crippen LogP contribution in [0.2, 0.25) is 0 Å².